The fourth-order valence-electron chi connectivity index (χ4n) is 5.24. The van der Waals surface area contributed by atoms with Crippen molar-refractivity contribution in [3.63, 3.8) is 0 Å². The lowest BCUT2D eigenvalue weighted by molar-refractivity contribution is 0.733. The molecule has 0 nitrogen and oxygen atoms in total. The SMILES string of the molecule is C/C=C\C1=C(CC)C2(c3ccccc31)c1ccccc1-c1ccccc12.CC.CC.CC.CC.CCCC. The highest BCUT2D eigenvalue weighted by atomic mass is 14.5. The van der Waals surface area contributed by atoms with Gasteiger partial charge < -0.3 is 0 Å². The number of allylic oxidation sites excluding steroid dienone is 4. The number of rotatable bonds is 3. The van der Waals surface area contributed by atoms with Gasteiger partial charge in [0.05, 0.1) is 5.41 Å². The Morgan fingerprint density at radius 3 is 1.21 bits per heavy atom. The van der Waals surface area contributed by atoms with Crippen LogP contribution in [-0.4, -0.2) is 0 Å². The Hall–Kier alpha value is -2.86. The second kappa shape index (κ2) is 19.2. The number of fused-ring (bicyclic) bond motifs is 7. The van der Waals surface area contributed by atoms with Crippen molar-refractivity contribution in [3.05, 3.63) is 113 Å². The molecule has 0 unspecified atom stereocenters. The Bertz CT molecular complexity index is 1060. The molecule has 0 aromatic heterocycles. The van der Waals surface area contributed by atoms with Gasteiger partial charge in [0.25, 0.3) is 0 Å². The first kappa shape index (κ1) is 35.1. The predicted molar refractivity (Wildman–Crippen MR) is 176 cm³/mol. The summed E-state index contributed by atoms with van der Waals surface area (Å²) in [5.41, 5.74) is 11.2. The maximum Gasteiger partial charge on any atom is 0.0688 e. The van der Waals surface area contributed by atoms with Crippen molar-refractivity contribution in [2.75, 3.05) is 0 Å². The molecule has 2 aliphatic carbocycles. The van der Waals surface area contributed by atoms with Crippen LogP contribution in [0.15, 0.2) is 90.5 Å². The summed E-state index contributed by atoms with van der Waals surface area (Å²) in [4.78, 5) is 0. The molecular weight excluding hydrogens is 456 g/mol. The number of unbranched alkanes of at least 4 members (excludes halogenated alkanes) is 1. The molecule has 208 valence electrons. The third-order valence-corrected chi connectivity index (χ3v) is 6.54. The summed E-state index contributed by atoms with van der Waals surface area (Å²) in [5.74, 6) is 0. The highest BCUT2D eigenvalue weighted by Crippen LogP contribution is 2.62. The van der Waals surface area contributed by atoms with E-state index in [1.807, 2.05) is 55.4 Å². The van der Waals surface area contributed by atoms with Gasteiger partial charge in [-0.3, -0.25) is 0 Å². The van der Waals surface area contributed by atoms with E-state index in [4.69, 9.17) is 0 Å². The van der Waals surface area contributed by atoms with Crippen LogP contribution in [0.4, 0.5) is 0 Å². The van der Waals surface area contributed by atoms with Gasteiger partial charge in [-0.05, 0) is 57.9 Å². The molecule has 0 fully saturated rings. The topological polar surface area (TPSA) is 0 Å². The zero-order valence-corrected chi connectivity index (χ0v) is 26.7. The van der Waals surface area contributed by atoms with Crippen LogP contribution in [0.1, 0.15) is 125 Å². The molecule has 3 aromatic carbocycles. The molecule has 0 saturated carbocycles. The molecule has 0 N–H and O–H groups in total. The van der Waals surface area contributed by atoms with E-state index in [0.29, 0.717) is 0 Å². The summed E-state index contributed by atoms with van der Waals surface area (Å²) < 4.78 is 0. The Labute approximate surface area is 236 Å². The summed E-state index contributed by atoms with van der Waals surface area (Å²) in [6.45, 7) is 24.8. The van der Waals surface area contributed by atoms with Crippen LogP contribution in [-0.2, 0) is 5.41 Å². The Morgan fingerprint density at radius 2 is 0.868 bits per heavy atom. The van der Waals surface area contributed by atoms with Crippen LogP contribution in [0.5, 0.6) is 0 Å². The average molecular weight is 513 g/mol. The zero-order valence-electron chi connectivity index (χ0n) is 26.7. The van der Waals surface area contributed by atoms with Crippen LogP contribution in [0.25, 0.3) is 16.7 Å². The van der Waals surface area contributed by atoms with Gasteiger partial charge in [0.2, 0.25) is 0 Å². The second-order valence-electron chi connectivity index (χ2n) is 8.13. The van der Waals surface area contributed by atoms with Crippen molar-refractivity contribution in [3.8, 4) is 11.1 Å². The molecule has 5 rings (SSSR count). The molecule has 2 aliphatic rings. The minimum atomic E-state index is -0.145. The highest BCUT2D eigenvalue weighted by molar-refractivity contribution is 5.96. The van der Waals surface area contributed by atoms with Crippen molar-refractivity contribution < 1.29 is 0 Å². The zero-order chi connectivity index (χ0) is 29.1. The largest absolute Gasteiger partial charge is 0.0870 e. The molecule has 0 saturated heterocycles. The first-order chi connectivity index (χ1) is 18.7. The molecule has 0 atom stereocenters. The maximum absolute atomic E-state index is 2.33. The van der Waals surface area contributed by atoms with Crippen LogP contribution in [0.3, 0.4) is 0 Å². The Kier molecular flexibility index (Phi) is 17.8. The third-order valence-electron chi connectivity index (χ3n) is 6.54. The molecule has 0 amide bonds. The summed E-state index contributed by atoms with van der Waals surface area (Å²) in [5, 5.41) is 0. The molecule has 3 aromatic rings. The minimum Gasteiger partial charge on any atom is -0.0870 e. The lowest BCUT2D eigenvalue weighted by Crippen LogP contribution is -2.27. The van der Waals surface area contributed by atoms with E-state index in [2.05, 4.69) is 113 Å². The first-order valence-corrected chi connectivity index (χ1v) is 15.4. The van der Waals surface area contributed by atoms with E-state index < -0.39 is 0 Å². The molecule has 0 aliphatic heterocycles. The Balaban J connectivity index is 0.000000999. The standard InChI is InChI=1S/C26H22.C4H10.4C2H6/c1-3-11-18-19-12-5-8-15-23(19)26(22(18)4-2)24-16-9-6-13-20(24)21-14-7-10-17-25(21)26;1-3-4-2;4*1-2/h3,5-17H,4H2,1-2H3;3-4H2,1-2H3;4*1-2H3/b11-3-;;;;;. The van der Waals surface area contributed by atoms with Crippen LogP contribution in [0, 0.1) is 0 Å². The van der Waals surface area contributed by atoms with E-state index >= 15 is 0 Å². The molecule has 0 radical (unpaired) electrons. The van der Waals surface area contributed by atoms with E-state index in [1.54, 1.807) is 0 Å². The lowest BCUT2D eigenvalue weighted by Gasteiger charge is -2.32. The predicted octanol–water partition coefficient (Wildman–Crippen LogP) is 12.7. The molecule has 0 bridgehead atoms. The van der Waals surface area contributed by atoms with E-state index in [1.165, 1.54) is 57.4 Å². The van der Waals surface area contributed by atoms with Crippen LogP contribution < -0.4 is 0 Å². The average Bonchev–Trinajstić information content (AvgIpc) is 3.48. The smallest absolute Gasteiger partial charge is 0.0688 e. The van der Waals surface area contributed by atoms with Gasteiger partial charge in [-0.2, -0.15) is 0 Å². The highest BCUT2D eigenvalue weighted by Gasteiger charge is 2.51. The molecule has 0 heteroatoms. The van der Waals surface area contributed by atoms with Crippen molar-refractivity contribution in [1.82, 2.24) is 0 Å². The molecular formula is C38H56. The van der Waals surface area contributed by atoms with Crippen molar-refractivity contribution in [2.24, 2.45) is 0 Å². The van der Waals surface area contributed by atoms with Gasteiger partial charge in [0.1, 0.15) is 0 Å². The number of hydrogen-bond acceptors (Lipinski definition) is 0. The summed E-state index contributed by atoms with van der Waals surface area (Å²) >= 11 is 0. The van der Waals surface area contributed by atoms with E-state index in [0.717, 1.165) is 6.42 Å². The molecule has 0 heterocycles. The van der Waals surface area contributed by atoms with Gasteiger partial charge in [-0.25, -0.2) is 0 Å². The summed E-state index contributed by atoms with van der Waals surface area (Å²) in [6.07, 6.45) is 8.15. The second-order valence-corrected chi connectivity index (χ2v) is 8.13. The van der Waals surface area contributed by atoms with Crippen LogP contribution in [0.2, 0.25) is 0 Å². The normalized spacial score (nSPS) is 12.5. The maximum atomic E-state index is 2.33. The van der Waals surface area contributed by atoms with Gasteiger partial charge in [0.15, 0.2) is 0 Å². The molecule has 38 heavy (non-hydrogen) atoms. The Morgan fingerprint density at radius 1 is 0.526 bits per heavy atom. The fraction of sp³-hybridized carbons (Fsp3) is 0.421. The number of benzene rings is 3. The minimum absolute atomic E-state index is 0.145. The van der Waals surface area contributed by atoms with Gasteiger partial charge >= 0.3 is 0 Å². The summed E-state index contributed by atoms with van der Waals surface area (Å²) in [7, 11) is 0. The monoisotopic (exact) mass is 512 g/mol. The lowest BCUT2D eigenvalue weighted by atomic mass is 9.69. The van der Waals surface area contributed by atoms with Crippen molar-refractivity contribution in [2.45, 2.75) is 108 Å². The fourth-order valence-corrected chi connectivity index (χ4v) is 5.24. The van der Waals surface area contributed by atoms with Gasteiger partial charge in [0, 0.05) is 0 Å². The first-order valence-electron chi connectivity index (χ1n) is 15.4. The van der Waals surface area contributed by atoms with Crippen molar-refractivity contribution in [1.29, 1.82) is 0 Å². The number of hydrogen-bond donors (Lipinski definition) is 0. The summed E-state index contributed by atoms with van der Waals surface area (Å²) in [6, 6.07) is 26.9. The van der Waals surface area contributed by atoms with Crippen molar-refractivity contribution >= 4 is 5.57 Å². The van der Waals surface area contributed by atoms with E-state index in [-0.39, 0.29) is 5.41 Å². The van der Waals surface area contributed by atoms with Crippen LogP contribution >= 0.6 is 0 Å². The quantitative estimate of drug-likeness (QED) is 0.327. The van der Waals surface area contributed by atoms with Gasteiger partial charge in [-0.1, -0.05) is 174 Å². The van der Waals surface area contributed by atoms with E-state index in [9.17, 15) is 0 Å². The van der Waals surface area contributed by atoms with Gasteiger partial charge in [-0.15, -0.1) is 0 Å². The molecule has 1 spiro atoms. The third kappa shape index (κ3) is 6.58.